The molecule has 0 saturated carbocycles. The fourth-order valence-electron chi connectivity index (χ4n) is 1.72. The van der Waals surface area contributed by atoms with Crippen LogP contribution in [-0.4, -0.2) is 54.7 Å². The van der Waals surface area contributed by atoms with Crippen LogP contribution in [0.4, 0.5) is 9.59 Å². The highest BCUT2D eigenvalue weighted by molar-refractivity contribution is 7.85. The minimum atomic E-state index is -4.16. The molecule has 0 heterocycles. The van der Waals surface area contributed by atoms with Crippen LogP contribution in [-0.2, 0) is 19.6 Å². The summed E-state index contributed by atoms with van der Waals surface area (Å²) in [6.45, 7) is 10.4. The van der Waals surface area contributed by atoms with E-state index in [1.165, 1.54) is 0 Å². The SMILES string of the molecule is CC(C)(C)OC(=O)NCCC(CCS(=O)(=O)O)NC(=O)OC(C)(C)C. The standard InChI is InChI=1S/C15H30N2O7S/c1-14(2,3)23-12(18)16-9-7-11(8-10-25(20,21)22)17-13(19)24-15(4,5)6/h11H,7-10H2,1-6H3,(H,16,18)(H,17,19)(H,20,21,22). The number of alkyl carbamates (subject to hydrolysis) is 2. The van der Waals surface area contributed by atoms with Crippen LogP contribution in [0.5, 0.6) is 0 Å². The number of nitrogens with one attached hydrogen (secondary N) is 2. The molecule has 0 fully saturated rings. The molecule has 9 nitrogen and oxygen atoms in total. The van der Waals surface area contributed by atoms with Crippen molar-refractivity contribution in [1.82, 2.24) is 10.6 Å². The molecule has 3 N–H and O–H groups in total. The highest BCUT2D eigenvalue weighted by atomic mass is 32.2. The molecule has 10 heteroatoms. The van der Waals surface area contributed by atoms with Crippen LogP contribution in [0.25, 0.3) is 0 Å². The minimum absolute atomic E-state index is 0.0198. The molecule has 2 amide bonds. The summed E-state index contributed by atoms with van der Waals surface area (Å²) in [5, 5.41) is 5.06. The van der Waals surface area contributed by atoms with Gasteiger partial charge in [-0.1, -0.05) is 0 Å². The lowest BCUT2D eigenvalue weighted by atomic mass is 10.1. The van der Waals surface area contributed by atoms with E-state index in [1.807, 2.05) is 0 Å². The molecule has 0 bridgehead atoms. The maximum Gasteiger partial charge on any atom is 0.407 e. The van der Waals surface area contributed by atoms with Crippen molar-refractivity contribution in [2.45, 2.75) is 71.6 Å². The van der Waals surface area contributed by atoms with Gasteiger partial charge in [-0.3, -0.25) is 4.55 Å². The van der Waals surface area contributed by atoms with Crippen molar-refractivity contribution < 1.29 is 32.0 Å². The number of hydrogen-bond acceptors (Lipinski definition) is 6. The molecule has 0 aromatic rings. The lowest BCUT2D eigenvalue weighted by molar-refractivity contribution is 0.0498. The zero-order valence-electron chi connectivity index (χ0n) is 15.7. The summed E-state index contributed by atoms with van der Waals surface area (Å²) < 4.78 is 40.9. The lowest BCUT2D eigenvalue weighted by Gasteiger charge is -2.24. The first-order valence-electron chi connectivity index (χ1n) is 7.99. The first-order valence-corrected chi connectivity index (χ1v) is 9.60. The minimum Gasteiger partial charge on any atom is -0.444 e. The van der Waals surface area contributed by atoms with E-state index < -0.39 is 45.3 Å². The molecule has 0 rings (SSSR count). The van der Waals surface area contributed by atoms with E-state index in [0.717, 1.165) is 0 Å². The van der Waals surface area contributed by atoms with E-state index in [1.54, 1.807) is 41.5 Å². The topological polar surface area (TPSA) is 131 Å². The molecule has 0 aliphatic rings. The molecule has 0 aliphatic carbocycles. The van der Waals surface area contributed by atoms with E-state index in [-0.39, 0.29) is 19.4 Å². The number of rotatable bonds is 7. The second kappa shape index (κ2) is 9.23. The third kappa shape index (κ3) is 15.7. The zero-order valence-corrected chi connectivity index (χ0v) is 16.5. The van der Waals surface area contributed by atoms with Crippen molar-refractivity contribution in [3.63, 3.8) is 0 Å². The smallest absolute Gasteiger partial charge is 0.407 e. The van der Waals surface area contributed by atoms with Gasteiger partial charge in [0, 0.05) is 12.6 Å². The van der Waals surface area contributed by atoms with Crippen LogP contribution < -0.4 is 10.6 Å². The van der Waals surface area contributed by atoms with Gasteiger partial charge in [-0.2, -0.15) is 8.42 Å². The third-order valence-electron chi connectivity index (χ3n) is 2.61. The average Bonchev–Trinajstić information content (AvgIpc) is 2.29. The molecule has 1 unspecified atom stereocenters. The van der Waals surface area contributed by atoms with Gasteiger partial charge in [-0.15, -0.1) is 0 Å². The Morgan fingerprint density at radius 3 is 1.88 bits per heavy atom. The van der Waals surface area contributed by atoms with Crippen LogP contribution in [0.2, 0.25) is 0 Å². The number of ether oxygens (including phenoxy) is 2. The van der Waals surface area contributed by atoms with Crippen LogP contribution >= 0.6 is 0 Å². The van der Waals surface area contributed by atoms with Gasteiger partial charge in [0.05, 0.1) is 5.75 Å². The highest BCUT2D eigenvalue weighted by Crippen LogP contribution is 2.09. The number of amides is 2. The van der Waals surface area contributed by atoms with Crippen LogP contribution in [0.15, 0.2) is 0 Å². The molecule has 1 atom stereocenters. The summed E-state index contributed by atoms with van der Waals surface area (Å²) in [6, 6.07) is -0.605. The highest BCUT2D eigenvalue weighted by Gasteiger charge is 2.21. The van der Waals surface area contributed by atoms with Gasteiger partial charge in [0.1, 0.15) is 11.2 Å². The fraction of sp³-hybridized carbons (Fsp3) is 0.867. The maximum atomic E-state index is 11.8. The zero-order chi connectivity index (χ0) is 19.9. The molecular weight excluding hydrogens is 352 g/mol. The summed E-state index contributed by atoms with van der Waals surface area (Å²) >= 11 is 0. The Morgan fingerprint density at radius 2 is 1.44 bits per heavy atom. The second-order valence-electron chi connectivity index (χ2n) is 7.64. The van der Waals surface area contributed by atoms with E-state index in [0.29, 0.717) is 0 Å². The summed E-state index contributed by atoms with van der Waals surface area (Å²) in [5.74, 6) is -0.514. The molecule has 0 aromatic carbocycles. The number of hydrogen-bond donors (Lipinski definition) is 3. The van der Waals surface area contributed by atoms with E-state index in [2.05, 4.69) is 10.6 Å². The monoisotopic (exact) mass is 382 g/mol. The number of carbonyl (C=O) groups excluding carboxylic acids is 2. The summed E-state index contributed by atoms with van der Waals surface area (Å²) in [7, 11) is -4.16. The fourth-order valence-corrected chi connectivity index (χ4v) is 2.30. The molecule has 0 radical (unpaired) electrons. The molecule has 25 heavy (non-hydrogen) atoms. The van der Waals surface area contributed by atoms with Gasteiger partial charge in [0.25, 0.3) is 10.1 Å². The van der Waals surface area contributed by atoms with Crippen LogP contribution in [0.3, 0.4) is 0 Å². The Balaban J connectivity index is 4.58. The van der Waals surface area contributed by atoms with Gasteiger partial charge in [0.15, 0.2) is 0 Å². The van der Waals surface area contributed by atoms with Crippen molar-refractivity contribution >= 4 is 22.3 Å². The molecule has 148 valence electrons. The molecule has 0 spiro atoms. The van der Waals surface area contributed by atoms with Crippen molar-refractivity contribution in [3.05, 3.63) is 0 Å². The quantitative estimate of drug-likeness (QED) is 0.574. The van der Waals surface area contributed by atoms with Gasteiger partial charge in [-0.25, -0.2) is 9.59 Å². The van der Waals surface area contributed by atoms with Crippen molar-refractivity contribution in [2.24, 2.45) is 0 Å². The van der Waals surface area contributed by atoms with Crippen LogP contribution in [0, 0.1) is 0 Å². The Labute approximate surface area is 149 Å². The van der Waals surface area contributed by atoms with Gasteiger partial charge in [-0.05, 0) is 54.4 Å². The Morgan fingerprint density at radius 1 is 0.960 bits per heavy atom. The summed E-state index contributed by atoms with van der Waals surface area (Å²) in [5.41, 5.74) is -1.34. The van der Waals surface area contributed by atoms with Crippen LogP contribution in [0.1, 0.15) is 54.4 Å². The predicted molar refractivity (Wildman–Crippen MR) is 93.0 cm³/mol. The van der Waals surface area contributed by atoms with Gasteiger partial charge < -0.3 is 20.1 Å². The maximum absolute atomic E-state index is 11.8. The van der Waals surface area contributed by atoms with Gasteiger partial charge >= 0.3 is 12.2 Å². The Hall–Kier alpha value is -1.55. The third-order valence-corrected chi connectivity index (χ3v) is 3.36. The normalized spacial score (nSPS) is 13.7. The Bertz CT molecular complexity index is 547. The van der Waals surface area contributed by atoms with E-state index in [9.17, 15) is 18.0 Å². The lowest BCUT2D eigenvalue weighted by Crippen LogP contribution is -2.42. The summed E-state index contributed by atoms with van der Waals surface area (Å²) in [4.78, 5) is 23.4. The van der Waals surface area contributed by atoms with Crippen molar-refractivity contribution in [3.8, 4) is 0 Å². The predicted octanol–water partition coefficient (Wildman–Crippen LogP) is 2.07. The average molecular weight is 382 g/mol. The van der Waals surface area contributed by atoms with Crippen molar-refractivity contribution in [2.75, 3.05) is 12.3 Å². The first kappa shape index (κ1) is 23.4. The van der Waals surface area contributed by atoms with E-state index >= 15 is 0 Å². The van der Waals surface area contributed by atoms with Crippen molar-refractivity contribution in [1.29, 1.82) is 0 Å². The summed E-state index contributed by atoms with van der Waals surface area (Å²) in [6.07, 6.45) is -1.09. The molecular formula is C15H30N2O7S. The Kier molecular flexibility index (Phi) is 8.66. The molecule has 0 aromatic heterocycles. The second-order valence-corrected chi connectivity index (χ2v) is 9.21. The van der Waals surface area contributed by atoms with E-state index in [4.69, 9.17) is 14.0 Å². The number of carbonyl (C=O) groups is 2. The first-order chi connectivity index (χ1) is 11.1. The molecule has 0 aliphatic heterocycles. The largest absolute Gasteiger partial charge is 0.444 e. The molecule has 0 saturated heterocycles. The van der Waals surface area contributed by atoms with Gasteiger partial charge in [0.2, 0.25) is 0 Å².